The summed E-state index contributed by atoms with van der Waals surface area (Å²) in [5.74, 6) is -1.90. The summed E-state index contributed by atoms with van der Waals surface area (Å²) in [6, 6.07) is 4.15. The Balaban J connectivity index is 2.64. The average Bonchev–Trinajstić information content (AvgIpc) is 2.34. The molecule has 5 heteroatoms. The molecule has 0 saturated carbocycles. The van der Waals surface area contributed by atoms with Gasteiger partial charge in [0.1, 0.15) is 5.82 Å². The van der Waals surface area contributed by atoms with Gasteiger partial charge in [-0.25, -0.2) is 9.18 Å². The highest BCUT2D eigenvalue weighted by Crippen LogP contribution is 2.11. The number of hydrogen-bond acceptors (Lipinski definition) is 3. The van der Waals surface area contributed by atoms with Crippen molar-refractivity contribution in [3.05, 3.63) is 35.1 Å². The van der Waals surface area contributed by atoms with Gasteiger partial charge >= 0.3 is 5.97 Å². The van der Waals surface area contributed by atoms with Crippen LogP contribution in [-0.2, 0) is 6.54 Å². The molecule has 0 bridgehead atoms. The van der Waals surface area contributed by atoms with Crippen LogP contribution in [0, 0.1) is 11.7 Å². The van der Waals surface area contributed by atoms with Crippen LogP contribution in [-0.4, -0.2) is 28.8 Å². The lowest BCUT2D eigenvalue weighted by atomic mass is 10.0. The van der Waals surface area contributed by atoms with E-state index in [2.05, 4.69) is 5.32 Å². The number of aromatic carboxylic acids is 1. The second-order valence-corrected chi connectivity index (χ2v) is 4.45. The van der Waals surface area contributed by atoms with E-state index < -0.39 is 11.8 Å². The predicted octanol–water partition coefficient (Wildman–Crippen LogP) is 1.63. The Labute approximate surface area is 105 Å². The first kappa shape index (κ1) is 14.6. The van der Waals surface area contributed by atoms with E-state index in [1.165, 1.54) is 12.1 Å². The number of aliphatic hydroxyl groups excluding tert-OH is 1. The molecule has 0 amide bonds. The molecule has 2 atom stereocenters. The van der Waals surface area contributed by atoms with E-state index in [9.17, 15) is 9.18 Å². The van der Waals surface area contributed by atoms with Crippen LogP contribution >= 0.6 is 0 Å². The number of nitrogens with one attached hydrogen (secondary N) is 1. The molecule has 1 rings (SSSR count). The second kappa shape index (κ2) is 6.47. The van der Waals surface area contributed by atoms with Crippen LogP contribution in [0.1, 0.15) is 29.8 Å². The van der Waals surface area contributed by atoms with Crippen molar-refractivity contribution in [3.63, 3.8) is 0 Å². The lowest BCUT2D eigenvalue weighted by molar-refractivity contribution is 0.0692. The minimum Gasteiger partial charge on any atom is -0.478 e. The Morgan fingerprint density at radius 2 is 2.11 bits per heavy atom. The zero-order valence-electron chi connectivity index (χ0n) is 10.5. The minimum absolute atomic E-state index is 0.0838. The number of benzene rings is 1. The maximum absolute atomic E-state index is 13.4. The number of hydrogen-bond donors (Lipinski definition) is 3. The molecule has 3 N–H and O–H groups in total. The van der Waals surface area contributed by atoms with Crippen LogP contribution in [0.4, 0.5) is 4.39 Å². The van der Waals surface area contributed by atoms with Gasteiger partial charge in [-0.2, -0.15) is 0 Å². The molecule has 18 heavy (non-hydrogen) atoms. The maximum atomic E-state index is 13.4. The van der Waals surface area contributed by atoms with Crippen molar-refractivity contribution in [2.24, 2.45) is 5.92 Å². The lowest BCUT2D eigenvalue weighted by Crippen LogP contribution is -2.33. The molecule has 0 spiro atoms. The molecule has 1 aromatic carbocycles. The summed E-state index contributed by atoms with van der Waals surface area (Å²) in [5, 5.41) is 20.8. The van der Waals surface area contributed by atoms with Crippen molar-refractivity contribution in [2.75, 3.05) is 6.61 Å². The van der Waals surface area contributed by atoms with E-state index in [4.69, 9.17) is 10.2 Å². The molecule has 0 aliphatic carbocycles. The zero-order chi connectivity index (χ0) is 13.7. The lowest BCUT2D eigenvalue weighted by Gasteiger charge is -2.19. The van der Waals surface area contributed by atoms with E-state index in [0.29, 0.717) is 12.1 Å². The van der Waals surface area contributed by atoms with Crippen molar-refractivity contribution < 1.29 is 19.4 Å². The maximum Gasteiger partial charge on any atom is 0.338 e. The van der Waals surface area contributed by atoms with Gasteiger partial charge in [-0.05, 0) is 30.5 Å². The van der Waals surface area contributed by atoms with E-state index in [1.54, 1.807) is 6.07 Å². The summed E-state index contributed by atoms with van der Waals surface area (Å²) in [6.45, 7) is 4.36. The fourth-order valence-electron chi connectivity index (χ4n) is 1.48. The molecule has 0 aliphatic heterocycles. The van der Waals surface area contributed by atoms with Gasteiger partial charge in [-0.3, -0.25) is 0 Å². The summed E-state index contributed by atoms with van der Waals surface area (Å²) >= 11 is 0. The van der Waals surface area contributed by atoms with Crippen molar-refractivity contribution in [2.45, 2.75) is 26.4 Å². The van der Waals surface area contributed by atoms with Crippen LogP contribution < -0.4 is 5.32 Å². The van der Waals surface area contributed by atoms with Gasteiger partial charge in [0.05, 0.1) is 5.56 Å². The normalized spacial score (nSPS) is 14.2. The largest absolute Gasteiger partial charge is 0.478 e. The predicted molar refractivity (Wildman–Crippen MR) is 65.9 cm³/mol. The molecule has 0 radical (unpaired) electrons. The van der Waals surface area contributed by atoms with Gasteiger partial charge in [0.15, 0.2) is 0 Å². The summed E-state index contributed by atoms with van der Waals surface area (Å²) in [6.07, 6.45) is 0. The highest BCUT2D eigenvalue weighted by atomic mass is 19.1. The molecule has 0 aromatic heterocycles. The number of rotatable bonds is 6. The monoisotopic (exact) mass is 255 g/mol. The highest BCUT2D eigenvalue weighted by Gasteiger charge is 2.12. The molecule has 2 unspecified atom stereocenters. The highest BCUT2D eigenvalue weighted by molar-refractivity contribution is 5.87. The number of halogens is 1. The Kier molecular flexibility index (Phi) is 5.25. The first-order valence-corrected chi connectivity index (χ1v) is 5.81. The molecular weight excluding hydrogens is 237 g/mol. The summed E-state index contributed by atoms with van der Waals surface area (Å²) in [5.41, 5.74) is 0.352. The topological polar surface area (TPSA) is 69.6 Å². The van der Waals surface area contributed by atoms with Crippen molar-refractivity contribution in [1.82, 2.24) is 5.32 Å². The minimum atomic E-state index is -1.27. The zero-order valence-corrected chi connectivity index (χ0v) is 10.5. The smallest absolute Gasteiger partial charge is 0.338 e. The molecule has 0 heterocycles. The average molecular weight is 255 g/mol. The van der Waals surface area contributed by atoms with Gasteiger partial charge in [-0.15, -0.1) is 0 Å². The Morgan fingerprint density at radius 3 is 2.61 bits per heavy atom. The van der Waals surface area contributed by atoms with Crippen molar-refractivity contribution in [1.29, 1.82) is 0 Å². The third-order valence-corrected chi connectivity index (χ3v) is 3.03. The number of aliphatic hydroxyl groups is 1. The van der Waals surface area contributed by atoms with E-state index in [1.807, 2.05) is 13.8 Å². The third-order valence-electron chi connectivity index (χ3n) is 3.03. The second-order valence-electron chi connectivity index (χ2n) is 4.45. The third kappa shape index (κ3) is 3.78. The quantitative estimate of drug-likeness (QED) is 0.722. The van der Waals surface area contributed by atoms with Gasteiger partial charge in [0.2, 0.25) is 0 Å². The number of carboxylic acid groups (broad SMARTS) is 1. The first-order valence-electron chi connectivity index (χ1n) is 5.81. The fourth-order valence-corrected chi connectivity index (χ4v) is 1.48. The standard InChI is InChI=1S/C13H18FNO3/c1-8(7-16)9(2)15-6-10-3-4-11(13(17)18)12(14)5-10/h3-5,8-9,15-16H,6-7H2,1-2H3,(H,17,18). The van der Waals surface area contributed by atoms with Crippen LogP contribution in [0.25, 0.3) is 0 Å². The Bertz CT molecular complexity index is 423. The number of carboxylic acids is 1. The van der Waals surface area contributed by atoms with Crippen LogP contribution in [0.5, 0.6) is 0 Å². The van der Waals surface area contributed by atoms with Crippen LogP contribution in [0.15, 0.2) is 18.2 Å². The molecule has 4 nitrogen and oxygen atoms in total. The van der Waals surface area contributed by atoms with Crippen LogP contribution in [0.2, 0.25) is 0 Å². The molecule has 0 aliphatic rings. The van der Waals surface area contributed by atoms with E-state index >= 15 is 0 Å². The SMILES string of the molecule is CC(CO)C(C)NCc1ccc(C(=O)O)c(F)c1. The van der Waals surface area contributed by atoms with Gasteiger partial charge in [0, 0.05) is 19.2 Å². The molecular formula is C13H18FNO3. The van der Waals surface area contributed by atoms with Crippen molar-refractivity contribution in [3.8, 4) is 0 Å². The first-order chi connectivity index (χ1) is 8.45. The van der Waals surface area contributed by atoms with E-state index in [-0.39, 0.29) is 24.1 Å². The van der Waals surface area contributed by atoms with Gasteiger partial charge < -0.3 is 15.5 Å². The summed E-state index contributed by atoms with van der Waals surface area (Å²) in [7, 11) is 0. The van der Waals surface area contributed by atoms with Gasteiger partial charge in [0.25, 0.3) is 0 Å². The summed E-state index contributed by atoms with van der Waals surface area (Å²) in [4.78, 5) is 10.6. The molecule has 0 fully saturated rings. The summed E-state index contributed by atoms with van der Waals surface area (Å²) < 4.78 is 13.4. The molecule has 100 valence electrons. The molecule has 1 aromatic rings. The Hall–Kier alpha value is -1.46. The van der Waals surface area contributed by atoms with E-state index in [0.717, 1.165) is 0 Å². The molecule has 0 saturated heterocycles. The fraction of sp³-hybridized carbons (Fsp3) is 0.462. The van der Waals surface area contributed by atoms with Crippen molar-refractivity contribution >= 4 is 5.97 Å². The van der Waals surface area contributed by atoms with Crippen LogP contribution in [0.3, 0.4) is 0 Å². The number of carbonyl (C=O) groups is 1. The van der Waals surface area contributed by atoms with Gasteiger partial charge in [-0.1, -0.05) is 13.0 Å². The Morgan fingerprint density at radius 1 is 1.44 bits per heavy atom.